The number of methoxy groups -OCH3 is 1. The van der Waals surface area contributed by atoms with E-state index in [0.717, 1.165) is 31.5 Å². The van der Waals surface area contributed by atoms with E-state index in [4.69, 9.17) is 10.5 Å². The van der Waals surface area contributed by atoms with Gasteiger partial charge in [0.1, 0.15) is 23.3 Å². The lowest BCUT2D eigenvalue weighted by Gasteiger charge is -2.26. The third kappa shape index (κ3) is 3.20. The van der Waals surface area contributed by atoms with Gasteiger partial charge in [-0.2, -0.15) is 0 Å². The van der Waals surface area contributed by atoms with Crippen LogP contribution < -0.4 is 15.9 Å². The highest BCUT2D eigenvalue weighted by atomic mass is 19.1. The molecule has 2 aromatic rings. The van der Waals surface area contributed by atoms with Gasteiger partial charge >= 0.3 is 5.97 Å². The van der Waals surface area contributed by atoms with Crippen LogP contribution in [-0.2, 0) is 0 Å². The van der Waals surface area contributed by atoms with Crippen LogP contribution in [0.25, 0.3) is 10.9 Å². The van der Waals surface area contributed by atoms with E-state index in [-0.39, 0.29) is 45.4 Å². The molecule has 3 aliphatic rings. The molecule has 1 spiro atoms. The number of aromatic nitrogens is 1. The standard InChI is InChI=1S/C22H24F2N2O4.2H2O/c1-21(25)7-10(8-22(21)3-4-22)16-14(24)5-11-17(19(16)30-2)26(15-6-13(15)23)9-12(18(11)27)20(28)29;;/h5,9-10,13,15H,3-4,6-8,25H2,1-2H3,(H,28,29);2*1H2/t10?,13-,15+,21-;;/m0../s1. The third-order valence-electron chi connectivity index (χ3n) is 7.51. The van der Waals surface area contributed by atoms with Crippen LogP contribution in [0.3, 0.4) is 0 Å². The largest absolute Gasteiger partial charge is 0.494 e. The van der Waals surface area contributed by atoms with Crippen molar-refractivity contribution in [2.75, 3.05) is 7.11 Å². The molecule has 0 radical (unpaired) electrons. The molecule has 4 atom stereocenters. The zero-order valence-electron chi connectivity index (χ0n) is 17.9. The molecule has 1 aromatic carbocycles. The molecule has 0 aliphatic heterocycles. The summed E-state index contributed by atoms with van der Waals surface area (Å²) < 4.78 is 36.4. The Morgan fingerprint density at radius 2 is 1.94 bits per heavy atom. The first-order valence-electron chi connectivity index (χ1n) is 10.2. The lowest BCUT2D eigenvalue weighted by atomic mass is 9.87. The van der Waals surface area contributed by atoms with Gasteiger partial charge in [0.2, 0.25) is 5.43 Å². The fourth-order valence-corrected chi connectivity index (χ4v) is 5.54. The highest BCUT2D eigenvalue weighted by molar-refractivity contribution is 5.95. The number of benzene rings is 1. The Hall–Kier alpha value is -2.56. The molecule has 176 valence electrons. The predicted octanol–water partition coefficient (Wildman–Crippen LogP) is 1.86. The normalized spacial score (nSPS) is 29.3. The van der Waals surface area contributed by atoms with Crippen molar-refractivity contribution in [1.29, 1.82) is 0 Å². The number of alkyl halides is 1. The first-order chi connectivity index (χ1) is 14.1. The Balaban J connectivity index is 0.00000144. The molecule has 3 fully saturated rings. The summed E-state index contributed by atoms with van der Waals surface area (Å²) in [5.41, 5.74) is 5.41. The summed E-state index contributed by atoms with van der Waals surface area (Å²) in [5, 5.41) is 9.31. The minimum atomic E-state index is -1.43. The fourth-order valence-electron chi connectivity index (χ4n) is 5.54. The van der Waals surface area contributed by atoms with E-state index in [1.165, 1.54) is 11.7 Å². The van der Waals surface area contributed by atoms with E-state index in [9.17, 15) is 19.1 Å². The highest BCUT2D eigenvalue weighted by Gasteiger charge is 2.61. The number of halogens is 2. The molecular formula is C22H28F2N2O6. The second kappa shape index (κ2) is 7.50. The number of fused-ring (bicyclic) bond motifs is 1. The zero-order chi connectivity index (χ0) is 21.6. The quantitative estimate of drug-likeness (QED) is 0.721. The molecule has 10 heteroatoms. The van der Waals surface area contributed by atoms with Crippen LogP contribution in [0.2, 0.25) is 0 Å². The van der Waals surface area contributed by atoms with Crippen molar-refractivity contribution in [2.24, 2.45) is 11.1 Å². The van der Waals surface area contributed by atoms with Crippen molar-refractivity contribution in [3.05, 3.63) is 39.4 Å². The molecule has 1 unspecified atom stereocenters. The van der Waals surface area contributed by atoms with Gasteiger partial charge in [-0.1, -0.05) is 0 Å². The molecule has 1 aromatic heterocycles. The molecule has 0 amide bonds. The number of aromatic carboxylic acids is 1. The molecule has 7 N–H and O–H groups in total. The first kappa shape index (κ1) is 24.1. The van der Waals surface area contributed by atoms with E-state index >= 15 is 4.39 Å². The second-order valence-corrected chi connectivity index (χ2v) is 9.41. The van der Waals surface area contributed by atoms with E-state index in [1.807, 2.05) is 6.92 Å². The number of nitrogens with two attached hydrogens (primary N) is 1. The van der Waals surface area contributed by atoms with Crippen molar-refractivity contribution >= 4 is 16.9 Å². The number of carboxylic acids is 1. The summed E-state index contributed by atoms with van der Waals surface area (Å²) in [6, 6.07) is 0.483. The van der Waals surface area contributed by atoms with Crippen LogP contribution in [0.15, 0.2) is 17.1 Å². The zero-order valence-corrected chi connectivity index (χ0v) is 17.9. The summed E-state index contributed by atoms with van der Waals surface area (Å²) in [7, 11) is 1.39. The van der Waals surface area contributed by atoms with Crippen LogP contribution in [0, 0.1) is 11.2 Å². The summed E-state index contributed by atoms with van der Waals surface area (Å²) in [6.45, 7) is 2.00. The molecule has 0 saturated heterocycles. The molecule has 5 rings (SSSR count). The smallest absolute Gasteiger partial charge is 0.341 e. The molecule has 3 saturated carbocycles. The number of ether oxygens (including phenoxy) is 1. The number of pyridine rings is 1. The predicted molar refractivity (Wildman–Crippen MR) is 114 cm³/mol. The minimum Gasteiger partial charge on any atom is -0.494 e. The molecule has 8 nitrogen and oxygen atoms in total. The summed E-state index contributed by atoms with van der Waals surface area (Å²) >= 11 is 0. The number of hydrogen-bond acceptors (Lipinski definition) is 4. The van der Waals surface area contributed by atoms with Crippen LogP contribution in [0.5, 0.6) is 5.75 Å². The Bertz CT molecular complexity index is 1150. The van der Waals surface area contributed by atoms with Crippen LogP contribution in [0.1, 0.15) is 66.9 Å². The number of nitrogens with zero attached hydrogens (tertiary/aromatic N) is 1. The molecule has 32 heavy (non-hydrogen) atoms. The average molecular weight is 454 g/mol. The number of carboxylic acid groups (broad SMARTS) is 1. The maximum Gasteiger partial charge on any atom is 0.341 e. The van der Waals surface area contributed by atoms with Gasteiger partial charge in [-0.15, -0.1) is 0 Å². The number of rotatable bonds is 4. The van der Waals surface area contributed by atoms with E-state index in [2.05, 4.69) is 0 Å². The van der Waals surface area contributed by atoms with E-state index < -0.39 is 40.5 Å². The van der Waals surface area contributed by atoms with Crippen molar-refractivity contribution in [1.82, 2.24) is 4.57 Å². The van der Waals surface area contributed by atoms with Gasteiger partial charge in [-0.3, -0.25) is 4.79 Å². The monoisotopic (exact) mass is 454 g/mol. The van der Waals surface area contributed by atoms with E-state index in [1.54, 1.807) is 0 Å². The Morgan fingerprint density at radius 1 is 1.31 bits per heavy atom. The van der Waals surface area contributed by atoms with Crippen LogP contribution in [-0.4, -0.2) is 45.4 Å². The van der Waals surface area contributed by atoms with Gasteiger partial charge < -0.3 is 31.1 Å². The Kier molecular flexibility index (Phi) is 5.64. The van der Waals surface area contributed by atoms with Crippen molar-refractivity contribution in [3.8, 4) is 5.75 Å². The van der Waals surface area contributed by atoms with Gasteiger partial charge in [-0.05, 0) is 50.0 Å². The lowest BCUT2D eigenvalue weighted by Crippen LogP contribution is -2.41. The van der Waals surface area contributed by atoms with Gasteiger partial charge in [0, 0.05) is 23.7 Å². The van der Waals surface area contributed by atoms with Gasteiger partial charge in [0.25, 0.3) is 0 Å². The maximum absolute atomic E-state index is 15.4. The van der Waals surface area contributed by atoms with Crippen molar-refractivity contribution in [3.63, 3.8) is 0 Å². The van der Waals surface area contributed by atoms with Crippen molar-refractivity contribution < 1.29 is 34.4 Å². The van der Waals surface area contributed by atoms with Gasteiger partial charge in [-0.25, -0.2) is 13.6 Å². The summed E-state index contributed by atoms with van der Waals surface area (Å²) in [6.07, 6.45) is 3.54. The van der Waals surface area contributed by atoms with Crippen LogP contribution >= 0.6 is 0 Å². The number of carbonyl (C=O) groups is 1. The van der Waals surface area contributed by atoms with Gasteiger partial charge in [0.15, 0.2) is 0 Å². The Labute approximate surface area is 182 Å². The first-order valence-corrected chi connectivity index (χ1v) is 10.2. The number of hydrogen-bond donors (Lipinski definition) is 2. The van der Waals surface area contributed by atoms with Gasteiger partial charge in [0.05, 0.1) is 24.1 Å². The van der Waals surface area contributed by atoms with E-state index in [0.29, 0.717) is 12.0 Å². The summed E-state index contributed by atoms with van der Waals surface area (Å²) in [5.74, 6) is -2.06. The molecule has 3 aliphatic carbocycles. The SMILES string of the molecule is COc1c(C2CC3(CC3)[C@@](C)(N)C2)c(F)cc2c(=O)c(C(=O)O)cn([C@@H]3C[C@@H]3F)c12.O.O. The van der Waals surface area contributed by atoms with Crippen LogP contribution in [0.4, 0.5) is 8.78 Å². The Morgan fingerprint density at radius 3 is 2.41 bits per heavy atom. The highest BCUT2D eigenvalue weighted by Crippen LogP contribution is 2.66. The maximum atomic E-state index is 15.4. The topological polar surface area (TPSA) is 158 Å². The summed E-state index contributed by atoms with van der Waals surface area (Å²) in [4.78, 5) is 24.3. The van der Waals surface area contributed by atoms with Crippen molar-refractivity contribution in [2.45, 2.75) is 62.7 Å². The molecular weight excluding hydrogens is 426 g/mol. The lowest BCUT2D eigenvalue weighted by molar-refractivity contribution is 0.0694. The molecule has 0 bridgehead atoms. The molecule has 1 heterocycles. The minimum absolute atomic E-state index is 0. The fraction of sp³-hybridized carbons (Fsp3) is 0.545. The second-order valence-electron chi connectivity index (χ2n) is 9.41. The average Bonchev–Trinajstić information content (AvgIpc) is 3.57. The third-order valence-corrected chi connectivity index (χ3v) is 7.51.